The van der Waals surface area contributed by atoms with E-state index in [1.54, 1.807) is 49.6 Å². The number of amides is 2. The van der Waals surface area contributed by atoms with Gasteiger partial charge in [0.25, 0.3) is 11.8 Å². The normalized spacial score (nSPS) is 10.8. The van der Waals surface area contributed by atoms with E-state index in [2.05, 4.69) is 31.9 Å². The van der Waals surface area contributed by atoms with E-state index in [9.17, 15) is 9.59 Å². The molecule has 2 aromatic rings. The molecule has 0 spiro atoms. The molecule has 3 N–H and O–H groups in total. The van der Waals surface area contributed by atoms with Crippen molar-refractivity contribution >= 4 is 50.8 Å². The fraction of sp³-hybridized carbons (Fsp3) is 0.250. The Bertz CT molecular complexity index is 910. The van der Waals surface area contributed by atoms with Gasteiger partial charge in [0, 0.05) is 11.1 Å². The molecule has 8 heteroatoms. The van der Waals surface area contributed by atoms with Crippen molar-refractivity contribution in [2.45, 2.75) is 26.3 Å². The highest BCUT2D eigenvalue weighted by molar-refractivity contribution is 9.10. The highest BCUT2D eigenvalue weighted by Crippen LogP contribution is 2.25. The van der Waals surface area contributed by atoms with Gasteiger partial charge in [0.2, 0.25) is 0 Å². The van der Waals surface area contributed by atoms with E-state index in [4.69, 9.17) is 17.0 Å². The van der Waals surface area contributed by atoms with Gasteiger partial charge in [-0.25, -0.2) is 0 Å². The van der Waals surface area contributed by atoms with E-state index in [0.717, 1.165) is 0 Å². The third kappa shape index (κ3) is 6.03. The van der Waals surface area contributed by atoms with E-state index < -0.39 is 0 Å². The lowest BCUT2D eigenvalue weighted by atomic mass is 10.1. The fourth-order valence-electron chi connectivity index (χ4n) is 2.33. The Morgan fingerprint density at radius 1 is 1.07 bits per heavy atom. The maximum Gasteiger partial charge on any atom is 0.257 e. The fourth-order valence-corrected chi connectivity index (χ4v) is 3.08. The van der Waals surface area contributed by atoms with Crippen LogP contribution in [0.1, 0.15) is 41.5 Å². The molecule has 2 amide bonds. The molecule has 28 heavy (non-hydrogen) atoms. The first-order chi connectivity index (χ1) is 13.1. The minimum Gasteiger partial charge on any atom is -0.496 e. The molecule has 0 unspecified atom stereocenters. The first-order valence-corrected chi connectivity index (χ1v) is 9.68. The third-order valence-electron chi connectivity index (χ3n) is 3.55. The zero-order chi connectivity index (χ0) is 20.9. The van der Waals surface area contributed by atoms with Crippen molar-refractivity contribution in [3.8, 4) is 5.75 Å². The number of rotatable bonds is 4. The maximum atomic E-state index is 12.5. The smallest absolute Gasteiger partial charge is 0.257 e. The average Bonchev–Trinajstić information content (AvgIpc) is 2.60. The van der Waals surface area contributed by atoms with Crippen LogP contribution in [-0.2, 0) is 0 Å². The Kier molecular flexibility index (Phi) is 7.15. The Labute approximate surface area is 178 Å². The number of halogens is 1. The van der Waals surface area contributed by atoms with Crippen molar-refractivity contribution in [2.75, 3.05) is 12.4 Å². The predicted molar refractivity (Wildman–Crippen MR) is 118 cm³/mol. The summed E-state index contributed by atoms with van der Waals surface area (Å²) in [5.41, 5.74) is 0.975. The molecule has 0 bridgehead atoms. The van der Waals surface area contributed by atoms with Crippen LogP contribution in [0.4, 0.5) is 5.69 Å². The molecule has 148 valence electrons. The van der Waals surface area contributed by atoms with Crippen LogP contribution in [0.15, 0.2) is 46.9 Å². The molecule has 2 aromatic carbocycles. The van der Waals surface area contributed by atoms with Crippen LogP contribution in [-0.4, -0.2) is 29.6 Å². The van der Waals surface area contributed by atoms with E-state index in [1.807, 2.05) is 20.8 Å². The summed E-state index contributed by atoms with van der Waals surface area (Å²) in [7, 11) is 1.55. The number of para-hydroxylation sites is 1. The van der Waals surface area contributed by atoms with Gasteiger partial charge in [-0.3, -0.25) is 14.9 Å². The van der Waals surface area contributed by atoms with E-state index in [0.29, 0.717) is 27.0 Å². The van der Waals surface area contributed by atoms with E-state index in [1.165, 1.54) is 0 Å². The molecule has 6 nitrogen and oxygen atoms in total. The number of carbonyl (C=O) groups is 2. The van der Waals surface area contributed by atoms with Crippen LogP contribution in [0.3, 0.4) is 0 Å². The van der Waals surface area contributed by atoms with Gasteiger partial charge in [0.05, 0.1) is 22.8 Å². The summed E-state index contributed by atoms with van der Waals surface area (Å²) in [4.78, 5) is 24.9. The first-order valence-electron chi connectivity index (χ1n) is 8.48. The van der Waals surface area contributed by atoms with E-state index >= 15 is 0 Å². The molecule has 0 aliphatic carbocycles. The molecule has 0 atom stereocenters. The molecule has 0 aliphatic heterocycles. The van der Waals surface area contributed by atoms with Crippen molar-refractivity contribution in [1.29, 1.82) is 0 Å². The van der Waals surface area contributed by atoms with Crippen LogP contribution in [0, 0.1) is 0 Å². The molecule has 0 heterocycles. The van der Waals surface area contributed by atoms with Crippen LogP contribution in [0.5, 0.6) is 5.75 Å². The molecule has 0 aromatic heterocycles. The molecule has 0 aliphatic rings. The average molecular weight is 464 g/mol. The minimum atomic E-state index is -0.377. The Morgan fingerprint density at radius 2 is 1.75 bits per heavy atom. The lowest BCUT2D eigenvalue weighted by Gasteiger charge is -2.21. The summed E-state index contributed by atoms with van der Waals surface area (Å²) in [6, 6.07) is 11.9. The highest BCUT2D eigenvalue weighted by atomic mass is 79.9. The SMILES string of the molecule is COc1ccc(C(=O)NC(=S)Nc2ccccc2C(=O)NC(C)(C)C)cc1Br. The summed E-state index contributed by atoms with van der Waals surface area (Å²) in [6.45, 7) is 5.70. The standard InChI is InChI=1S/C20H22BrN3O3S/c1-20(2,3)24-18(26)13-7-5-6-8-15(13)22-19(28)23-17(25)12-9-10-16(27-4)14(21)11-12/h5-11H,1-4H3,(H,24,26)(H2,22,23,25,28). The lowest BCUT2D eigenvalue weighted by molar-refractivity contribution is 0.0919. The summed E-state index contributed by atoms with van der Waals surface area (Å²) in [5.74, 6) is 0.0114. The topological polar surface area (TPSA) is 79.5 Å². The van der Waals surface area contributed by atoms with Gasteiger partial charge >= 0.3 is 0 Å². The lowest BCUT2D eigenvalue weighted by Crippen LogP contribution is -2.41. The van der Waals surface area contributed by atoms with Crippen molar-refractivity contribution in [3.05, 3.63) is 58.1 Å². The predicted octanol–water partition coefficient (Wildman–Crippen LogP) is 4.11. The maximum absolute atomic E-state index is 12.5. The quantitative estimate of drug-likeness (QED) is 0.594. The first kappa shape index (κ1) is 21.8. The summed E-state index contributed by atoms with van der Waals surface area (Å²) >= 11 is 8.59. The number of carbonyl (C=O) groups excluding carboxylic acids is 2. The summed E-state index contributed by atoms with van der Waals surface area (Å²) < 4.78 is 5.81. The second kappa shape index (κ2) is 9.16. The summed E-state index contributed by atoms with van der Waals surface area (Å²) in [5, 5.41) is 8.53. The second-order valence-corrected chi connectivity index (χ2v) is 8.27. The van der Waals surface area contributed by atoms with Gasteiger partial charge in [-0.2, -0.15) is 0 Å². The molecule has 0 fully saturated rings. The van der Waals surface area contributed by atoms with Gasteiger partial charge in [-0.05, 0) is 79.3 Å². The number of thiocarbonyl (C=S) groups is 1. The number of anilines is 1. The van der Waals surface area contributed by atoms with Crippen LogP contribution in [0.25, 0.3) is 0 Å². The molecular formula is C20H22BrN3O3S. The monoisotopic (exact) mass is 463 g/mol. The van der Waals surface area contributed by atoms with Crippen molar-refractivity contribution in [3.63, 3.8) is 0 Å². The largest absolute Gasteiger partial charge is 0.496 e. The van der Waals surface area contributed by atoms with Crippen molar-refractivity contribution < 1.29 is 14.3 Å². The number of ether oxygens (including phenoxy) is 1. The van der Waals surface area contributed by atoms with Gasteiger partial charge in [-0.1, -0.05) is 12.1 Å². The Hall–Kier alpha value is -2.45. The highest BCUT2D eigenvalue weighted by Gasteiger charge is 2.18. The third-order valence-corrected chi connectivity index (χ3v) is 4.37. The number of methoxy groups -OCH3 is 1. The van der Waals surface area contributed by atoms with Crippen molar-refractivity contribution in [1.82, 2.24) is 10.6 Å². The summed E-state index contributed by atoms with van der Waals surface area (Å²) in [6.07, 6.45) is 0. The number of hydrogen-bond acceptors (Lipinski definition) is 4. The number of hydrogen-bond donors (Lipinski definition) is 3. The minimum absolute atomic E-state index is 0.0907. The zero-order valence-corrected chi connectivity index (χ0v) is 18.5. The van der Waals surface area contributed by atoms with Crippen LogP contribution in [0.2, 0.25) is 0 Å². The second-order valence-electron chi connectivity index (χ2n) is 7.01. The molecule has 0 radical (unpaired) electrons. The molecule has 0 saturated heterocycles. The Balaban J connectivity index is 2.10. The zero-order valence-electron chi connectivity index (χ0n) is 16.1. The van der Waals surface area contributed by atoms with Gasteiger partial charge in [-0.15, -0.1) is 0 Å². The van der Waals surface area contributed by atoms with Crippen molar-refractivity contribution in [2.24, 2.45) is 0 Å². The van der Waals surface area contributed by atoms with Crippen LogP contribution < -0.4 is 20.7 Å². The van der Waals surface area contributed by atoms with Crippen LogP contribution >= 0.6 is 28.1 Å². The molecule has 0 saturated carbocycles. The molecular weight excluding hydrogens is 442 g/mol. The number of benzene rings is 2. The molecule has 2 rings (SSSR count). The van der Waals surface area contributed by atoms with E-state index in [-0.39, 0.29) is 22.5 Å². The van der Waals surface area contributed by atoms with Gasteiger partial charge in [0.15, 0.2) is 5.11 Å². The number of nitrogens with one attached hydrogen (secondary N) is 3. The Morgan fingerprint density at radius 3 is 2.36 bits per heavy atom. The van der Waals surface area contributed by atoms with Gasteiger partial charge < -0.3 is 15.4 Å². The van der Waals surface area contributed by atoms with Gasteiger partial charge in [0.1, 0.15) is 5.75 Å².